The number of hydrogen-bond acceptors (Lipinski definition) is 5. The maximum Gasteiger partial charge on any atom is 0.136 e. The lowest BCUT2D eigenvalue weighted by atomic mass is 9.96. The zero-order valence-corrected chi connectivity index (χ0v) is 12.3. The molecule has 0 aromatic carbocycles. The Kier molecular flexibility index (Phi) is 3.78. The zero-order chi connectivity index (χ0) is 14.1. The molecule has 5 heteroatoms. The highest BCUT2D eigenvalue weighted by Gasteiger charge is 2.30. The molecule has 2 heterocycles. The molecule has 20 heavy (non-hydrogen) atoms. The molecular formula is C15H24N4O. The molecule has 1 saturated heterocycles. The SMILES string of the molecule is CCNc1cc(N2CCC(C)C(O)C2)nc(C2CC2)n1. The topological polar surface area (TPSA) is 61.3 Å². The number of β-amino-alcohol motifs (C(OH)–C–C–N with tert-alkyl or cyclic N) is 1. The summed E-state index contributed by atoms with van der Waals surface area (Å²) in [6, 6.07) is 2.01. The van der Waals surface area contributed by atoms with Crippen molar-refractivity contribution in [3.8, 4) is 0 Å². The van der Waals surface area contributed by atoms with E-state index in [0.29, 0.717) is 18.4 Å². The van der Waals surface area contributed by atoms with Crippen LogP contribution in [0.2, 0.25) is 0 Å². The fourth-order valence-corrected chi connectivity index (χ4v) is 2.67. The summed E-state index contributed by atoms with van der Waals surface area (Å²) in [5.74, 6) is 3.76. The summed E-state index contributed by atoms with van der Waals surface area (Å²) >= 11 is 0. The smallest absolute Gasteiger partial charge is 0.136 e. The van der Waals surface area contributed by atoms with Crippen LogP contribution in [0.3, 0.4) is 0 Å². The summed E-state index contributed by atoms with van der Waals surface area (Å²) in [5.41, 5.74) is 0. The van der Waals surface area contributed by atoms with E-state index in [-0.39, 0.29) is 6.10 Å². The van der Waals surface area contributed by atoms with Gasteiger partial charge in [0.15, 0.2) is 0 Å². The number of nitrogens with one attached hydrogen (secondary N) is 1. The highest BCUT2D eigenvalue weighted by Crippen LogP contribution is 2.39. The molecule has 3 rings (SSSR count). The molecule has 1 aliphatic carbocycles. The molecule has 110 valence electrons. The van der Waals surface area contributed by atoms with Crippen LogP contribution in [0.25, 0.3) is 0 Å². The van der Waals surface area contributed by atoms with Crippen molar-refractivity contribution in [1.29, 1.82) is 0 Å². The number of piperidine rings is 1. The van der Waals surface area contributed by atoms with Gasteiger partial charge in [-0.1, -0.05) is 6.92 Å². The molecule has 5 nitrogen and oxygen atoms in total. The molecule has 2 fully saturated rings. The first-order chi connectivity index (χ1) is 9.67. The molecule has 1 saturated carbocycles. The average molecular weight is 276 g/mol. The number of anilines is 2. The molecule has 1 aromatic heterocycles. The van der Waals surface area contributed by atoms with Crippen molar-refractivity contribution in [2.75, 3.05) is 29.9 Å². The number of aromatic nitrogens is 2. The van der Waals surface area contributed by atoms with Gasteiger partial charge in [-0.25, -0.2) is 9.97 Å². The molecule has 2 atom stereocenters. The summed E-state index contributed by atoms with van der Waals surface area (Å²) in [4.78, 5) is 11.5. The minimum absolute atomic E-state index is 0.259. The minimum Gasteiger partial charge on any atom is -0.391 e. The van der Waals surface area contributed by atoms with E-state index in [1.165, 1.54) is 12.8 Å². The van der Waals surface area contributed by atoms with Gasteiger partial charge in [0.05, 0.1) is 6.10 Å². The molecular weight excluding hydrogens is 252 g/mol. The number of nitrogens with zero attached hydrogens (tertiary/aromatic N) is 3. The van der Waals surface area contributed by atoms with Crippen LogP contribution < -0.4 is 10.2 Å². The van der Waals surface area contributed by atoms with Gasteiger partial charge in [0, 0.05) is 31.6 Å². The maximum absolute atomic E-state index is 10.1. The van der Waals surface area contributed by atoms with Gasteiger partial charge in [-0.05, 0) is 32.1 Å². The van der Waals surface area contributed by atoms with E-state index in [1.807, 2.05) is 6.07 Å². The van der Waals surface area contributed by atoms with Crippen LogP contribution in [-0.2, 0) is 0 Å². The molecule has 0 bridgehead atoms. The zero-order valence-electron chi connectivity index (χ0n) is 12.3. The quantitative estimate of drug-likeness (QED) is 0.880. The van der Waals surface area contributed by atoms with Crippen LogP contribution in [-0.4, -0.2) is 40.8 Å². The molecule has 0 radical (unpaired) electrons. The third-order valence-electron chi connectivity index (χ3n) is 4.27. The Labute approximate surface area is 120 Å². The van der Waals surface area contributed by atoms with Crippen LogP contribution in [0.5, 0.6) is 0 Å². The first-order valence-electron chi connectivity index (χ1n) is 7.73. The lowest BCUT2D eigenvalue weighted by Crippen LogP contribution is -2.43. The first kappa shape index (κ1) is 13.6. The monoisotopic (exact) mass is 276 g/mol. The Morgan fingerprint density at radius 2 is 2.15 bits per heavy atom. The summed E-state index contributed by atoms with van der Waals surface area (Å²) < 4.78 is 0. The van der Waals surface area contributed by atoms with Crippen molar-refractivity contribution < 1.29 is 5.11 Å². The number of rotatable bonds is 4. The summed E-state index contributed by atoms with van der Waals surface area (Å²) in [6.07, 6.45) is 3.16. The van der Waals surface area contributed by atoms with Gasteiger partial charge in [-0.15, -0.1) is 0 Å². The molecule has 2 unspecified atom stereocenters. The largest absolute Gasteiger partial charge is 0.391 e. The van der Waals surface area contributed by atoms with Crippen LogP contribution in [0.15, 0.2) is 6.07 Å². The summed E-state index contributed by atoms with van der Waals surface area (Å²) in [7, 11) is 0. The van der Waals surface area contributed by atoms with Crippen molar-refractivity contribution in [1.82, 2.24) is 9.97 Å². The van der Waals surface area contributed by atoms with Crippen LogP contribution in [0, 0.1) is 5.92 Å². The van der Waals surface area contributed by atoms with E-state index in [4.69, 9.17) is 4.98 Å². The molecule has 0 amide bonds. The average Bonchev–Trinajstić information content (AvgIpc) is 3.26. The molecule has 1 aliphatic heterocycles. The third kappa shape index (κ3) is 2.87. The van der Waals surface area contributed by atoms with Crippen molar-refractivity contribution >= 4 is 11.6 Å². The van der Waals surface area contributed by atoms with E-state index < -0.39 is 0 Å². The van der Waals surface area contributed by atoms with Gasteiger partial charge in [0.1, 0.15) is 17.5 Å². The Bertz CT molecular complexity index is 475. The van der Waals surface area contributed by atoms with Crippen molar-refractivity contribution in [2.45, 2.75) is 45.1 Å². The first-order valence-corrected chi connectivity index (χ1v) is 7.73. The highest BCUT2D eigenvalue weighted by molar-refractivity contribution is 5.50. The second-order valence-corrected chi connectivity index (χ2v) is 6.05. The predicted octanol–water partition coefficient (Wildman–Crippen LogP) is 1.99. The molecule has 2 aliphatic rings. The Balaban J connectivity index is 1.83. The lowest BCUT2D eigenvalue weighted by molar-refractivity contribution is 0.102. The summed E-state index contributed by atoms with van der Waals surface area (Å²) in [6.45, 7) is 6.69. The Morgan fingerprint density at radius 1 is 1.35 bits per heavy atom. The van der Waals surface area contributed by atoms with Crippen LogP contribution in [0.1, 0.15) is 44.9 Å². The van der Waals surface area contributed by atoms with Gasteiger partial charge < -0.3 is 15.3 Å². The van der Waals surface area contributed by atoms with Crippen LogP contribution in [0.4, 0.5) is 11.6 Å². The number of aliphatic hydroxyl groups excluding tert-OH is 1. The van der Waals surface area contributed by atoms with E-state index in [9.17, 15) is 5.11 Å². The third-order valence-corrected chi connectivity index (χ3v) is 4.27. The molecule has 1 aromatic rings. The van der Waals surface area contributed by atoms with Gasteiger partial charge in [-0.3, -0.25) is 0 Å². The summed E-state index contributed by atoms with van der Waals surface area (Å²) in [5, 5.41) is 13.4. The second kappa shape index (κ2) is 5.56. The highest BCUT2D eigenvalue weighted by atomic mass is 16.3. The molecule has 0 spiro atoms. The predicted molar refractivity (Wildman–Crippen MR) is 80.2 cm³/mol. The minimum atomic E-state index is -0.259. The fourth-order valence-electron chi connectivity index (χ4n) is 2.67. The van der Waals surface area contributed by atoms with E-state index in [0.717, 1.165) is 37.0 Å². The van der Waals surface area contributed by atoms with E-state index >= 15 is 0 Å². The normalized spacial score (nSPS) is 26.6. The van der Waals surface area contributed by atoms with E-state index in [2.05, 4.69) is 29.0 Å². The Morgan fingerprint density at radius 3 is 2.80 bits per heavy atom. The van der Waals surface area contributed by atoms with Gasteiger partial charge in [0.25, 0.3) is 0 Å². The number of hydrogen-bond donors (Lipinski definition) is 2. The molecule has 2 N–H and O–H groups in total. The lowest BCUT2D eigenvalue weighted by Gasteiger charge is -2.35. The maximum atomic E-state index is 10.1. The van der Waals surface area contributed by atoms with Crippen molar-refractivity contribution in [3.63, 3.8) is 0 Å². The van der Waals surface area contributed by atoms with Crippen molar-refractivity contribution in [3.05, 3.63) is 11.9 Å². The van der Waals surface area contributed by atoms with Gasteiger partial charge >= 0.3 is 0 Å². The second-order valence-electron chi connectivity index (χ2n) is 6.05. The standard InChI is InChI=1S/C15H24N4O/c1-3-16-13-8-14(18-15(17-13)11-4-5-11)19-7-6-10(2)12(20)9-19/h8,10-12,20H,3-7,9H2,1-2H3,(H,16,17,18). The van der Waals surface area contributed by atoms with Gasteiger partial charge in [0.2, 0.25) is 0 Å². The fraction of sp³-hybridized carbons (Fsp3) is 0.733. The van der Waals surface area contributed by atoms with Gasteiger partial charge in [-0.2, -0.15) is 0 Å². The number of aliphatic hydroxyl groups is 1. The van der Waals surface area contributed by atoms with E-state index in [1.54, 1.807) is 0 Å². The van der Waals surface area contributed by atoms with Crippen molar-refractivity contribution in [2.24, 2.45) is 5.92 Å². The van der Waals surface area contributed by atoms with Crippen LogP contribution >= 0.6 is 0 Å². The Hall–Kier alpha value is -1.36.